The van der Waals surface area contributed by atoms with Gasteiger partial charge in [0.15, 0.2) is 0 Å². The Morgan fingerprint density at radius 2 is 0.969 bits per heavy atom. The normalized spacial score (nSPS) is 13.3. The fourth-order valence-electron chi connectivity index (χ4n) is 5.32. The lowest BCUT2D eigenvalue weighted by molar-refractivity contribution is 0.317. The molecule has 0 heterocycles. The standard InChI is InChI=1S/C31H56O/c1-4-7-10-12-14-15-16-18-20-25-29(30-26-21-22-27-31(30)32)28(23-9-6-3)24-19-17-13-11-8-5-2/h21-22,26-29,32H,4-20,23-25H2,1-3H3. The number of benzene rings is 1. The minimum Gasteiger partial charge on any atom is -0.508 e. The Bertz CT molecular complexity index is 523. The van der Waals surface area contributed by atoms with Crippen molar-refractivity contribution in [2.75, 3.05) is 0 Å². The van der Waals surface area contributed by atoms with Gasteiger partial charge in [-0.05, 0) is 42.7 Å². The van der Waals surface area contributed by atoms with Crippen LogP contribution in [0.15, 0.2) is 24.3 Å². The van der Waals surface area contributed by atoms with E-state index < -0.39 is 0 Å². The molecule has 0 amide bonds. The topological polar surface area (TPSA) is 20.2 Å². The molecule has 0 aromatic heterocycles. The molecule has 1 aromatic rings. The molecule has 0 saturated heterocycles. The van der Waals surface area contributed by atoms with Gasteiger partial charge in [-0.2, -0.15) is 0 Å². The molecule has 2 atom stereocenters. The van der Waals surface area contributed by atoms with Crippen LogP contribution in [0.2, 0.25) is 0 Å². The van der Waals surface area contributed by atoms with Crippen LogP contribution in [0, 0.1) is 5.92 Å². The molecule has 1 rings (SSSR count). The van der Waals surface area contributed by atoms with Gasteiger partial charge in [0.25, 0.3) is 0 Å². The lowest BCUT2D eigenvalue weighted by Gasteiger charge is -2.29. The molecule has 1 N–H and O–H groups in total. The van der Waals surface area contributed by atoms with E-state index in [9.17, 15) is 5.11 Å². The number of unbranched alkanes of at least 4 members (excludes halogenated alkanes) is 14. The van der Waals surface area contributed by atoms with Gasteiger partial charge in [-0.1, -0.05) is 148 Å². The molecule has 0 aliphatic carbocycles. The van der Waals surface area contributed by atoms with Crippen molar-refractivity contribution in [3.05, 3.63) is 29.8 Å². The fraction of sp³-hybridized carbons (Fsp3) is 0.806. The number of para-hydroxylation sites is 1. The van der Waals surface area contributed by atoms with Crippen LogP contribution in [0.3, 0.4) is 0 Å². The van der Waals surface area contributed by atoms with Gasteiger partial charge in [-0.25, -0.2) is 0 Å². The summed E-state index contributed by atoms with van der Waals surface area (Å²) in [5.74, 6) is 1.78. The first-order valence-electron chi connectivity index (χ1n) is 14.5. The van der Waals surface area contributed by atoms with Gasteiger partial charge in [0.05, 0.1) is 0 Å². The maximum atomic E-state index is 10.7. The summed E-state index contributed by atoms with van der Waals surface area (Å²) in [7, 11) is 0. The maximum absolute atomic E-state index is 10.7. The zero-order valence-electron chi connectivity index (χ0n) is 22.1. The van der Waals surface area contributed by atoms with Crippen molar-refractivity contribution in [1.82, 2.24) is 0 Å². The maximum Gasteiger partial charge on any atom is 0.119 e. The lowest BCUT2D eigenvalue weighted by Crippen LogP contribution is -2.14. The largest absolute Gasteiger partial charge is 0.508 e. The van der Waals surface area contributed by atoms with Gasteiger partial charge < -0.3 is 5.11 Å². The van der Waals surface area contributed by atoms with Gasteiger partial charge >= 0.3 is 0 Å². The highest BCUT2D eigenvalue weighted by atomic mass is 16.3. The summed E-state index contributed by atoms with van der Waals surface area (Å²) < 4.78 is 0. The van der Waals surface area contributed by atoms with E-state index in [0.717, 1.165) is 5.92 Å². The zero-order chi connectivity index (χ0) is 23.3. The second-order valence-electron chi connectivity index (χ2n) is 10.2. The van der Waals surface area contributed by atoms with Crippen molar-refractivity contribution in [3.63, 3.8) is 0 Å². The molecule has 0 fully saturated rings. The van der Waals surface area contributed by atoms with Gasteiger partial charge in [0.2, 0.25) is 0 Å². The third-order valence-electron chi connectivity index (χ3n) is 7.38. The Morgan fingerprint density at radius 3 is 1.50 bits per heavy atom. The Balaban J connectivity index is 2.59. The van der Waals surface area contributed by atoms with Crippen LogP contribution in [0.5, 0.6) is 5.75 Å². The molecule has 0 radical (unpaired) electrons. The predicted molar refractivity (Wildman–Crippen MR) is 144 cm³/mol. The molecule has 1 heteroatoms. The van der Waals surface area contributed by atoms with Crippen molar-refractivity contribution >= 4 is 0 Å². The third kappa shape index (κ3) is 13.5. The molecule has 0 aliphatic heterocycles. The number of rotatable bonds is 22. The van der Waals surface area contributed by atoms with Crippen LogP contribution in [0.25, 0.3) is 0 Å². The van der Waals surface area contributed by atoms with E-state index in [1.807, 2.05) is 12.1 Å². The number of phenolic OH excluding ortho intramolecular Hbond substituents is 1. The summed E-state index contributed by atoms with van der Waals surface area (Å²) in [5.41, 5.74) is 1.22. The average Bonchev–Trinajstić information content (AvgIpc) is 2.80. The first kappa shape index (κ1) is 29.1. The average molecular weight is 445 g/mol. The Hall–Kier alpha value is -0.980. The number of hydrogen-bond donors (Lipinski definition) is 1. The summed E-state index contributed by atoms with van der Waals surface area (Å²) in [4.78, 5) is 0. The second-order valence-corrected chi connectivity index (χ2v) is 10.2. The first-order valence-corrected chi connectivity index (χ1v) is 14.5. The number of phenols is 1. The Labute approximate surface area is 201 Å². The Morgan fingerprint density at radius 1 is 0.531 bits per heavy atom. The van der Waals surface area contributed by atoms with Crippen LogP contribution in [-0.4, -0.2) is 5.11 Å². The molecule has 1 aromatic carbocycles. The summed E-state index contributed by atoms with van der Waals surface area (Å²) in [6.45, 7) is 6.91. The molecule has 1 nitrogen and oxygen atoms in total. The van der Waals surface area contributed by atoms with Crippen LogP contribution in [0.1, 0.15) is 161 Å². The highest BCUT2D eigenvalue weighted by Crippen LogP contribution is 2.40. The van der Waals surface area contributed by atoms with E-state index in [2.05, 4.69) is 32.9 Å². The van der Waals surface area contributed by atoms with E-state index in [1.54, 1.807) is 0 Å². The number of aromatic hydroxyl groups is 1. The van der Waals surface area contributed by atoms with Crippen molar-refractivity contribution in [2.24, 2.45) is 5.92 Å². The molecule has 2 unspecified atom stereocenters. The van der Waals surface area contributed by atoms with Crippen molar-refractivity contribution in [2.45, 2.75) is 155 Å². The fourth-order valence-corrected chi connectivity index (χ4v) is 5.32. The molecule has 32 heavy (non-hydrogen) atoms. The van der Waals surface area contributed by atoms with Gasteiger partial charge in [0, 0.05) is 0 Å². The zero-order valence-corrected chi connectivity index (χ0v) is 22.1. The summed E-state index contributed by atoms with van der Waals surface area (Å²) in [5, 5.41) is 10.7. The lowest BCUT2D eigenvalue weighted by atomic mass is 9.76. The second kappa shape index (κ2) is 20.6. The van der Waals surface area contributed by atoms with E-state index in [0.29, 0.717) is 11.7 Å². The van der Waals surface area contributed by atoms with E-state index in [-0.39, 0.29) is 0 Å². The summed E-state index contributed by atoms with van der Waals surface area (Å²) >= 11 is 0. The molecular formula is C31H56O. The van der Waals surface area contributed by atoms with E-state index >= 15 is 0 Å². The van der Waals surface area contributed by atoms with Crippen molar-refractivity contribution in [1.29, 1.82) is 0 Å². The van der Waals surface area contributed by atoms with Gasteiger partial charge in [0.1, 0.15) is 5.75 Å². The molecule has 0 bridgehead atoms. The van der Waals surface area contributed by atoms with Gasteiger partial charge in [-0.3, -0.25) is 0 Å². The molecule has 186 valence electrons. The van der Waals surface area contributed by atoms with E-state index in [4.69, 9.17) is 0 Å². The summed E-state index contributed by atoms with van der Waals surface area (Å²) in [6.07, 6.45) is 27.2. The van der Waals surface area contributed by atoms with Crippen molar-refractivity contribution < 1.29 is 5.11 Å². The van der Waals surface area contributed by atoms with Crippen molar-refractivity contribution in [3.8, 4) is 5.75 Å². The smallest absolute Gasteiger partial charge is 0.119 e. The van der Waals surface area contributed by atoms with Gasteiger partial charge in [-0.15, -0.1) is 0 Å². The first-order chi connectivity index (χ1) is 15.7. The predicted octanol–water partition coefficient (Wildman–Crippen LogP) is 11.0. The van der Waals surface area contributed by atoms with Crippen LogP contribution in [0.4, 0.5) is 0 Å². The highest BCUT2D eigenvalue weighted by Gasteiger charge is 2.24. The highest BCUT2D eigenvalue weighted by molar-refractivity contribution is 5.35. The Kier molecular flexibility index (Phi) is 18.7. The minimum atomic E-state index is 0.526. The quantitative estimate of drug-likeness (QED) is 0.176. The summed E-state index contributed by atoms with van der Waals surface area (Å²) in [6, 6.07) is 8.21. The van der Waals surface area contributed by atoms with Crippen LogP contribution in [-0.2, 0) is 0 Å². The van der Waals surface area contributed by atoms with Crippen LogP contribution < -0.4 is 0 Å². The SMILES string of the molecule is CCCCCCCCCCCC(c1ccccc1O)C(CCCC)CCCCCCCC. The number of hydrogen-bond acceptors (Lipinski definition) is 1. The minimum absolute atomic E-state index is 0.526. The van der Waals surface area contributed by atoms with Crippen LogP contribution >= 0.6 is 0 Å². The molecule has 0 aliphatic rings. The molecular weight excluding hydrogens is 388 g/mol. The monoisotopic (exact) mass is 444 g/mol. The molecule has 0 spiro atoms. The third-order valence-corrected chi connectivity index (χ3v) is 7.38. The van der Waals surface area contributed by atoms with E-state index in [1.165, 1.54) is 134 Å². The molecule has 0 saturated carbocycles.